The fourth-order valence-electron chi connectivity index (χ4n) is 3.00. The first-order chi connectivity index (χ1) is 14.4. The lowest BCUT2D eigenvalue weighted by Gasteiger charge is -2.11. The summed E-state index contributed by atoms with van der Waals surface area (Å²) in [7, 11) is 0. The fraction of sp³-hybridized carbons (Fsp3) is 0.130. The first-order valence-corrected chi connectivity index (χ1v) is 9.63. The van der Waals surface area contributed by atoms with Gasteiger partial charge < -0.3 is 14.5 Å². The van der Waals surface area contributed by atoms with E-state index in [-0.39, 0.29) is 23.4 Å². The highest BCUT2D eigenvalue weighted by molar-refractivity contribution is 6.33. The van der Waals surface area contributed by atoms with E-state index in [1.807, 2.05) is 32.0 Å². The van der Waals surface area contributed by atoms with E-state index in [0.29, 0.717) is 28.1 Å². The average Bonchev–Trinajstić information content (AvgIpc) is 3.12. The molecule has 152 valence electrons. The standard InChI is InChI=1S/C23H18ClFN2O3/c1-13-4-3-5-20(14(13)2)29-12-22(28)26-16-7-9-21-19(11-16)27-23(30-21)17-8-6-15(25)10-18(17)24/h3-11H,12H2,1-2H3,(H,26,28). The zero-order chi connectivity index (χ0) is 21.3. The Kier molecular flexibility index (Phi) is 5.42. The minimum absolute atomic E-state index is 0.114. The number of benzene rings is 3. The topological polar surface area (TPSA) is 64.4 Å². The maximum Gasteiger partial charge on any atom is 0.262 e. The highest BCUT2D eigenvalue weighted by Gasteiger charge is 2.14. The Morgan fingerprint density at radius 2 is 2.00 bits per heavy atom. The molecule has 0 aliphatic heterocycles. The second kappa shape index (κ2) is 8.16. The molecule has 1 amide bonds. The zero-order valence-corrected chi connectivity index (χ0v) is 17.1. The van der Waals surface area contributed by atoms with Crippen molar-refractivity contribution in [3.05, 3.63) is 76.6 Å². The van der Waals surface area contributed by atoms with Crippen molar-refractivity contribution < 1.29 is 18.3 Å². The third-order valence-electron chi connectivity index (χ3n) is 4.75. The molecular formula is C23H18ClFN2O3. The number of ether oxygens (including phenoxy) is 1. The number of aromatic nitrogens is 1. The van der Waals surface area contributed by atoms with Gasteiger partial charge in [0.1, 0.15) is 17.1 Å². The first-order valence-electron chi connectivity index (χ1n) is 9.25. The van der Waals surface area contributed by atoms with Gasteiger partial charge in [-0.3, -0.25) is 4.79 Å². The number of carbonyl (C=O) groups is 1. The van der Waals surface area contributed by atoms with Crippen LogP contribution in [0.25, 0.3) is 22.6 Å². The summed E-state index contributed by atoms with van der Waals surface area (Å²) in [5, 5.41) is 2.99. The first kappa shape index (κ1) is 19.9. The molecule has 0 saturated heterocycles. The summed E-state index contributed by atoms with van der Waals surface area (Å²) in [6.45, 7) is 3.83. The number of anilines is 1. The summed E-state index contributed by atoms with van der Waals surface area (Å²) in [6.07, 6.45) is 0. The molecule has 5 nitrogen and oxygen atoms in total. The summed E-state index contributed by atoms with van der Waals surface area (Å²) < 4.78 is 24.6. The normalized spacial score (nSPS) is 10.9. The van der Waals surface area contributed by atoms with Crippen molar-refractivity contribution >= 4 is 34.3 Å². The number of fused-ring (bicyclic) bond motifs is 1. The van der Waals surface area contributed by atoms with Crippen molar-refractivity contribution in [3.63, 3.8) is 0 Å². The number of rotatable bonds is 5. The molecule has 30 heavy (non-hydrogen) atoms. The summed E-state index contributed by atoms with van der Waals surface area (Å²) in [5.74, 6) is 0.225. The van der Waals surface area contributed by atoms with E-state index < -0.39 is 5.82 Å². The lowest BCUT2D eigenvalue weighted by molar-refractivity contribution is -0.118. The van der Waals surface area contributed by atoms with Crippen LogP contribution >= 0.6 is 11.6 Å². The molecule has 0 unspecified atom stereocenters. The summed E-state index contributed by atoms with van der Waals surface area (Å²) in [5.41, 5.74) is 4.21. The van der Waals surface area contributed by atoms with Crippen LogP contribution in [0.15, 0.2) is 59.0 Å². The largest absolute Gasteiger partial charge is 0.483 e. The Balaban J connectivity index is 1.48. The number of aryl methyl sites for hydroxylation is 1. The molecule has 0 bridgehead atoms. The third kappa shape index (κ3) is 4.14. The van der Waals surface area contributed by atoms with Crippen LogP contribution in [0.1, 0.15) is 11.1 Å². The van der Waals surface area contributed by atoms with Crippen LogP contribution in [0.2, 0.25) is 5.02 Å². The number of amides is 1. The van der Waals surface area contributed by atoms with Crippen molar-refractivity contribution in [2.45, 2.75) is 13.8 Å². The van der Waals surface area contributed by atoms with Crippen molar-refractivity contribution in [2.75, 3.05) is 11.9 Å². The maximum atomic E-state index is 13.3. The predicted molar refractivity (Wildman–Crippen MR) is 114 cm³/mol. The van der Waals surface area contributed by atoms with Crippen molar-refractivity contribution in [1.82, 2.24) is 4.98 Å². The molecule has 7 heteroatoms. The molecule has 0 atom stereocenters. The van der Waals surface area contributed by atoms with Gasteiger partial charge in [0.25, 0.3) is 5.91 Å². The smallest absolute Gasteiger partial charge is 0.262 e. The van der Waals surface area contributed by atoms with Gasteiger partial charge in [-0.05, 0) is 67.4 Å². The molecule has 0 fully saturated rings. The maximum absolute atomic E-state index is 13.3. The number of nitrogens with zero attached hydrogens (tertiary/aromatic N) is 1. The quantitative estimate of drug-likeness (QED) is 0.431. The molecule has 0 radical (unpaired) electrons. The highest BCUT2D eigenvalue weighted by atomic mass is 35.5. The number of hydrogen-bond acceptors (Lipinski definition) is 4. The highest BCUT2D eigenvalue weighted by Crippen LogP contribution is 2.31. The van der Waals surface area contributed by atoms with E-state index in [2.05, 4.69) is 10.3 Å². The van der Waals surface area contributed by atoms with E-state index >= 15 is 0 Å². The fourth-order valence-corrected chi connectivity index (χ4v) is 3.25. The Morgan fingerprint density at radius 1 is 1.17 bits per heavy atom. The van der Waals surface area contributed by atoms with Crippen LogP contribution in [0.4, 0.5) is 10.1 Å². The Bertz CT molecular complexity index is 1250. The van der Waals surface area contributed by atoms with Crippen molar-refractivity contribution in [2.24, 2.45) is 0 Å². The monoisotopic (exact) mass is 424 g/mol. The average molecular weight is 425 g/mol. The van der Waals surface area contributed by atoms with Gasteiger partial charge in [0.15, 0.2) is 12.2 Å². The predicted octanol–water partition coefficient (Wildman–Crippen LogP) is 5.92. The van der Waals surface area contributed by atoms with Gasteiger partial charge in [-0.15, -0.1) is 0 Å². The minimum atomic E-state index is -0.437. The van der Waals surface area contributed by atoms with Crippen LogP contribution < -0.4 is 10.1 Å². The van der Waals surface area contributed by atoms with E-state index in [9.17, 15) is 9.18 Å². The van der Waals surface area contributed by atoms with Crippen LogP contribution in [0.3, 0.4) is 0 Å². The third-order valence-corrected chi connectivity index (χ3v) is 5.06. The lowest BCUT2D eigenvalue weighted by Crippen LogP contribution is -2.20. The minimum Gasteiger partial charge on any atom is -0.483 e. The number of carbonyl (C=O) groups excluding carboxylic acids is 1. The van der Waals surface area contributed by atoms with Gasteiger partial charge in [0.2, 0.25) is 5.89 Å². The van der Waals surface area contributed by atoms with Gasteiger partial charge in [-0.2, -0.15) is 0 Å². The molecule has 1 N–H and O–H groups in total. The summed E-state index contributed by atoms with van der Waals surface area (Å²) >= 11 is 6.09. The lowest BCUT2D eigenvalue weighted by atomic mass is 10.1. The molecule has 0 saturated carbocycles. The second-order valence-corrected chi connectivity index (χ2v) is 7.27. The number of oxazole rings is 1. The SMILES string of the molecule is Cc1cccc(OCC(=O)Nc2ccc3oc(-c4ccc(F)cc4Cl)nc3c2)c1C. The molecule has 4 rings (SSSR count). The molecule has 4 aromatic rings. The van der Waals surface area contributed by atoms with E-state index in [4.69, 9.17) is 20.8 Å². The summed E-state index contributed by atoms with van der Waals surface area (Å²) in [4.78, 5) is 16.7. The van der Waals surface area contributed by atoms with Gasteiger partial charge in [-0.25, -0.2) is 9.37 Å². The van der Waals surface area contributed by atoms with Crippen molar-refractivity contribution in [3.8, 4) is 17.2 Å². The second-order valence-electron chi connectivity index (χ2n) is 6.86. The van der Waals surface area contributed by atoms with Gasteiger partial charge in [0, 0.05) is 5.69 Å². The molecular weight excluding hydrogens is 407 g/mol. The molecule has 0 spiro atoms. The van der Waals surface area contributed by atoms with Gasteiger partial charge in [-0.1, -0.05) is 23.7 Å². The Labute approximate surface area is 177 Å². The van der Waals surface area contributed by atoms with Crippen molar-refractivity contribution in [1.29, 1.82) is 0 Å². The van der Waals surface area contributed by atoms with Gasteiger partial charge >= 0.3 is 0 Å². The molecule has 1 aromatic heterocycles. The Hall–Kier alpha value is -3.38. The van der Waals surface area contributed by atoms with Crippen LogP contribution in [0.5, 0.6) is 5.75 Å². The molecule has 1 heterocycles. The molecule has 0 aliphatic rings. The van der Waals surface area contributed by atoms with E-state index in [0.717, 1.165) is 11.1 Å². The van der Waals surface area contributed by atoms with Crippen LogP contribution in [-0.4, -0.2) is 17.5 Å². The Morgan fingerprint density at radius 3 is 2.80 bits per heavy atom. The van der Waals surface area contributed by atoms with Crippen LogP contribution in [0, 0.1) is 19.7 Å². The zero-order valence-electron chi connectivity index (χ0n) is 16.3. The summed E-state index contributed by atoms with van der Waals surface area (Å²) in [6, 6.07) is 14.8. The van der Waals surface area contributed by atoms with E-state index in [1.54, 1.807) is 18.2 Å². The number of halogens is 2. The van der Waals surface area contributed by atoms with Gasteiger partial charge in [0.05, 0.1) is 10.6 Å². The molecule has 0 aliphatic carbocycles. The number of nitrogens with one attached hydrogen (secondary N) is 1. The van der Waals surface area contributed by atoms with Crippen LogP contribution in [-0.2, 0) is 4.79 Å². The van der Waals surface area contributed by atoms with E-state index in [1.165, 1.54) is 18.2 Å². The number of hydrogen-bond donors (Lipinski definition) is 1. The molecule has 3 aromatic carbocycles.